The van der Waals surface area contributed by atoms with Crippen molar-refractivity contribution in [1.82, 2.24) is 5.32 Å². The van der Waals surface area contributed by atoms with Crippen LogP contribution in [0.1, 0.15) is 18.0 Å². The molecule has 0 radical (unpaired) electrons. The zero-order chi connectivity index (χ0) is 13.5. The van der Waals surface area contributed by atoms with Crippen LogP contribution in [0.3, 0.4) is 0 Å². The Balaban J connectivity index is 2.77. The minimum absolute atomic E-state index is 0.112. The van der Waals surface area contributed by atoms with Crippen molar-refractivity contribution in [2.24, 2.45) is 0 Å². The Morgan fingerprint density at radius 3 is 2.78 bits per heavy atom. The first-order valence-corrected chi connectivity index (χ1v) is 5.69. The minimum Gasteiger partial charge on any atom is -0.479 e. The van der Waals surface area contributed by atoms with Gasteiger partial charge in [-0.1, -0.05) is 23.7 Å². The molecule has 0 bridgehead atoms. The van der Waals surface area contributed by atoms with Crippen molar-refractivity contribution >= 4 is 23.5 Å². The van der Waals surface area contributed by atoms with E-state index < -0.39 is 12.0 Å². The summed E-state index contributed by atoms with van der Waals surface area (Å²) in [4.78, 5) is 22.6. The molecule has 1 aromatic rings. The molecule has 6 heteroatoms. The van der Waals surface area contributed by atoms with Gasteiger partial charge in [-0.3, -0.25) is 4.79 Å². The molecule has 0 aromatic heterocycles. The average molecular weight is 272 g/mol. The van der Waals surface area contributed by atoms with Gasteiger partial charge in [0, 0.05) is 18.6 Å². The maximum absolute atomic E-state index is 11.5. The molecule has 0 aliphatic heterocycles. The van der Waals surface area contributed by atoms with Crippen molar-refractivity contribution in [3.05, 3.63) is 34.9 Å². The number of ether oxygens (including phenoxy) is 1. The summed E-state index contributed by atoms with van der Waals surface area (Å²) >= 11 is 5.79. The number of aliphatic carboxylic acids is 1. The van der Waals surface area contributed by atoms with Crippen LogP contribution in [-0.2, 0) is 14.3 Å². The summed E-state index contributed by atoms with van der Waals surface area (Å²) in [6, 6.07) is 5.28. The van der Waals surface area contributed by atoms with E-state index in [1.165, 1.54) is 13.2 Å². The first kappa shape index (κ1) is 14.5. The summed E-state index contributed by atoms with van der Waals surface area (Å²) in [7, 11) is 1.47. The van der Waals surface area contributed by atoms with Crippen molar-refractivity contribution in [3.63, 3.8) is 0 Å². The molecule has 1 amide bonds. The third kappa shape index (κ3) is 4.35. The lowest BCUT2D eigenvalue weighted by Crippen LogP contribution is -2.34. The predicted octanol–water partition coefficient (Wildman–Crippen LogP) is 1.62. The Bertz CT molecular complexity index is 436. The number of benzene rings is 1. The molecule has 2 N–H and O–H groups in total. The Morgan fingerprint density at radius 2 is 2.22 bits per heavy atom. The van der Waals surface area contributed by atoms with E-state index in [4.69, 9.17) is 21.4 Å². The largest absolute Gasteiger partial charge is 0.479 e. The van der Waals surface area contributed by atoms with Crippen molar-refractivity contribution in [2.45, 2.75) is 12.5 Å². The highest BCUT2D eigenvalue weighted by atomic mass is 35.5. The van der Waals surface area contributed by atoms with E-state index in [1.54, 1.807) is 18.2 Å². The standard InChI is InChI=1S/C12H14ClNO4/c1-18-6-5-10(15)14-11(12(16)17)8-3-2-4-9(13)7-8/h2-4,7,11H,5-6H2,1H3,(H,14,15)(H,16,17). The molecule has 0 aliphatic carbocycles. The van der Waals surface area contributed by atoms with Crippen LogP contribution in [-0.4, -0.2) is 30.7 Å². The lowest BCUT2D eigenvalue weighted by Gasteiger charge is -2.15. The fraction of sp³-hybridized carbons (Fsp3) is 0.333. The van der Waals surface area contributed by atoms with Gasteiger partial charge < -0.3 is 15.2 Å². The number of hydrogen-bond acceptors (Lipinski definition) is 3. The van der Waals surface area contributed by atoms with E-state index in [0.29, 0.717) is 10.6 Å². The molecular formula is C12H14ClNO4. The SMILES string of the molecule is COCCC(=O)NC(C(=O)O)c1cccc(Cl)c1. The number of carboxylic acids is 1. The molecule has 1 aromatic carbocycles. The quantitative estimate of drug-likeness (QED) is 0.824. The normalized spacial score (nSPS) is 11.9. The molecule has 0 heterocycles. The number of carboxylic acid groups (broad SMARTS) is 1. The number of carbonyl (C=O) groups excluding carboxylic acids is 1. The van der Waals surface area contributed by atoms with E-state index in [9.17, 15) is 9.59 Å². The Hall–Kier alpha value is -1.59. The van der Waals surface area contributed by atoms with E-state index in [1.807, 2.05) is 0 Å². The second-order valence-electron chi connectivity index (χ2n) is 3.64. The van der Waals surface area contributed by atoms with Gasteiger partial charge in [-0.15, -0.1) is 0 Å². The molecule has 0 spiro atoms. The minimum atomic E-state index is -1.14. The number of halogens is 1. The van der Waals surface area contributed by atoms with E-state index in [0.717, 1.165) is 0 Å². The Kier molecular flexibility index (Phi) is 5.61. The molecule has 1 rings (SSSR count). The van der Waals surface area contributed by atoms with Gasteiger partial charge in [0.1, 0.15) is 0 Å². The van der Waals surface area contributed by atoms with Crippen LogP contribution in [0.4, 0.5) is 0 Å². The summed E-state index contributed by atoms with van der Waals surface area (Å²) in [6.45, 7) is 0.244. The monoisotopic (exact) mass is 271 g/mol. The van der Waals surface area contributed by atoms with Gasteiger partial charge in [0.15, 0.2) is 6.04 Å². The first-order valence-electron chi connectivity index (χ1n) is 5.31. The van der Waals surface area contributed by atoms with Crippen LogP contribution in [0.2, 0.25) is 5.02 Å². The maximum Gasteiger partial charge on any atom is 0.330 e. The summed E-state index contributed by atoms with van der Waals surface area (Å²) < 4.78 is 4.75. The third-order valence-corrected chi connectivity index (χ3v) is 2.50. The van der Waals surface area contributed by atoms with Gasteiger partial charge in [0.2, 0.25) is 5.91 Å². The van der Waals surface area contributed by atoms with Crippen LogP contribution in [0.25, 0.3) is 0 Å². The molecule has 1 atom stereocenters. The number of rotatable bonds is 6. The van der Waals surface area contributed by atoms with Gasteiger partial charge in [0.25, 0.3) is 0 Å². The zero-order valence-electron chi connectivity index (χ0n) is 9.85. The maximum atomic E-state index is 11.5. The van der Waals surface area contributed by atoms with Gasteiger partial charge in [0.05, 0.1) is 6.61 Å². The lowest BCUT2D eigenvalue weighted by atomic mass is 10.1. The number of methoxy groups -OCH3 is 1. The molecule has 0 fully saturated rings. The van der Waals surface area contributed by atoms with E-state index in [-0.39, 0.29) is 18.9 Å². The summed E-state index contributed by atoms with van der Waals surface area (Å²) in [5.41, 5.74) is 0.431. The highest BCUT2D eigenvalue weighted by Gasteiger charge is 2.21. The fourth-order valence-electron chi connectivity index (χ4n) is 1.40. The van der Waals surface area contributed by atoms with Gasteiger partial charge in [-0.2, -0.15) is 0 Å². The fourth-order valence-corrected chi connectivity index (χ4v) is 1.60. The highest BCUT2D eigenvalue weighted by Crippen LogP contribution is 2.18. The number of hydrogen-bond donors (Lipinski definition) is 2. The lowest BCUT2D eigenvalue weighted by molar-refractivity contribution is -0.142. The Morgan fingerprint density at radius 1 is 1.50 bits per heavy atom. The second kappa shape index (κ2) is 6.98. The molecular weight excluding hydrogens is 258 g/mol. The number of carbonyl (C=O) groups is 2. The Labute approximate surface area is 110 Å². The van der Waals surface area contributed by atoms with Gasteiger partial charge >= 0.3 is 5.97 Å². The summed E-state index contributed by atoms with van der Waals surface area (Å²) in [6.07, 6.45) is 0.112. The van der Waals surface area contributed by atoms with Crippen LogP contribution >= 0.6 is 11.6 Å². The van der Waals surface area contributed by atoms with Crippen molar-refractivity contribution < 1.29 is 19.4 Å². The van der Waals surface area contributed by atoms with Crippen LogP contribution in [0.5, 0.6) is 0 Å². The van der Waals surface area contributed by atoms with E-state index in [2.05, 4.69) is 5.32 Å². The summed E-state index contributed by atoms with van der Waals surface area (Å²) in [5.74, 6) is -1.52. The summed E-state index contributed by atoms with van der Waals surface area (Å²) in [5, 5.41) is 11.9. The molecule has 5 nitrogen and oxygen atoms in total. The number of nitrogens with one attached hydrogen (secondary N) is 1. The predicted molar refractivity (Wildman–Crippen MR) is 66.5 cm³/mol. The van der Waals surface area contributed by atoms with Crippen molar-refractivity contribution in [1.29, 1.82) is 0 Å². The average Bonchev–Trinajstić information content (AvgIpc) is 2.33. The van der Waals surface area contributed by atoms with Gasteiger partial charge in [-0.25, -0.2) is 4.79 Å². The first-order chi connectivity index (χ1) is 8.54. The van der Waals surface area contributed by atoms with Gasteiger partial charge in [-0.05, 0) is 17.7 Å². The van der Waals surface area contributed by atoms with Crippen LogP contribution in [0, 0.1) is 0 Å². The van der Waals surface area contributed by atoms with E-state index >= 15 is 0 Å². The van der Waals surface area contributed by atoms with Crippen molar-refractivity contribution in [2.75, 3.05) is 13.7 Å². The smallest absolute Gasteiger partial charge is 0.330 e. The molecule has 1 unspecified atom stereocenters. The molecule has 0 aliphatic rings. The molecule has 0 saturated heterocycles. The molecule has 18 heavy (non-hydrogen) atoms. The van der Waals surface area contributed by atoms with Crippen LogP contribution in [0.15, 0.2) is 24.3 Å². The highest BCUT2D eigenvalue weighted by molar-refractivity contribution is 6.30. The third-order valence-electron chi connectivity index (χ3n) is 2.27. The second-order valence-corrected chi connectivity index (χ2v) is 4.07. The van der Waals surface area contributed by atoms with Crippen LogP contribution < -0.4 is 5.32 Å². The van der Waals surface area contributed by atoms with Crippen molar-refractivity contribution in [3.8, 4) is 0 Å². The molecule has 98 valence electrons. The zero-order valence-corrected chi connectivity index (χ0v) is 10.6. The topological polar surface area (TPSA) is 75.6 Å². The number of amides is 1. The molecule has 0 saturated carbocycles.